The van der Waals surface area contributed by atoms with E-state index in [1.54, 1.807) is 12.1 Å². The van der Waals surface area contributed by atoms with Crippen molar-refractivity contribution in [2.45, 2.75) is 20.3 Å². The molecule has 3 rings (SSSR count). The smallest absolute Gasteiger partial charge is 0.261 e. The number of carbonyl (C=O) groups excluding carboxylic acids is 1. The Morgan fingerprint density at radius 1 is 1.12 bits per heavy atom. The van der Waals surface area contributed by atoms with Gasteiger partial charge in [0.2, 0.25) is 0 Å². The summed E-state index contributed by atoms with van der Waals surface area (Å²) < 4.78 is 5.51. The summed E-state index contributed by atoms with van der Waals surface area (Å²) in [6, 6.07) is 15.5. The summed E-state index contributed by atoms with van der Waals surface area (Å²) in [5.41, 5.74) is 3.71. The molecule has 1 aromatic heterocycles. The third kappa shape index (κ3) is 4.06. The minimum absolute atomic E-state index is 0.216. The Kier molecular flexibility index (Phi) is 5.46. The molecule has 0 saturated heterocycles. The molecule has 0 aliphatic heterocycles. The van der Waals surface area contributed by atoms with Gasteiger partial charge in [0.05, 0.1) is 17.9 Å². The van der Waals surface area contributed by atoms with Crippen molar-refractivity contribution in [1.82, 2.24) is 4.98 Å². The third-order valence-corrected chi connectivity index (χ3v) is 4.57. The minimum Gasteiger partial charge on any atom is -0.493 e. The van der Waals surface area contributed by atoms with Gasteiger partial charge >= 0.3 is 0 Å². The molecule has 0 radical (unpaired) electrons. The summed E-state index contributed by atoms with van der Waals surface area (Å²) in [4.78, 5) is 17.0. The lowest BCUT2D eigenvalue weighted by atomic mass is 10.1. The molecule has 2 aromatic carbocycles. The average molecular weight is 352 g/mol. The molecule has 0 unspecified atom stereocenters. The van der Waals surface area contributed by atoms with E-state index in [1.807, 2.05) is 24.4 Å². The van der Waals surface area contributed by atoms with Gasteiger partial charge in [0.25, 0.3) is 5.91 Å². The summed E-state index contributed by atoms with van der Waals surface area (Å²) in [6.45, 7) is 4.54. The number of carbonyl (C=O) groups is 1. The van der Waals surface area contributed by atoms with Crippen molar-refractivity contribution in [1.29, 1.82) is 0 Å². The van der Waals surface area contributed by atoms with E-state index in [0.717, 1.165) is 17.7 Å². The Morgan fingerprint density at radius 3 is 2.60 bits per heavy atom. The average Bonchev–Trinajstić information content (AvgIpc) is 3.11. The van der Waals surface area contributed by atoms with Gasteiger partial charge in [0, 0.05) is 10.9 Å². The highest BCUT2D eigenvalue weighted by Gasteiger charge is 2.14. The Hall–Kier alpha value is -2.66. The van der Waals surface area contributed by atoms with E-state index in [1.165, 1.54) is 16.9 Å². The Morgan fingerprint density at radius 2 is 1.88 bits per heavy atom. The molecule has 1 N–H and O–H groups in total. The molecule has 0 spiro atoms. The molecule has 0 aliphatic rings. The number of para-hydroxylation sites is 1. The zero-order valence-electron chi connectivity index (χ0n) is 14.3. The number of hydrogen-bond acceptors (Lipinski definition) is 4. The minimum atomic E-state index is -0.216. The summed E-state index contributed by atoms with van der Waals surface area (Å²) in [5.74, 6) is 0.362. The number of nitrogens with zero attached hydrogens (tertiary/aromatic N) is 1. The molecular formula is C20H20N2O2S. The van der Waals surface area contributed by atoms with Gasteiger partial charge in [-0.05, 0) is 31.0 Å². The molecule has 0 bridgehead atoms. The number of nitrogens with one attached hydrogen (secondary N) is 1. The number of aromatic nitrogens is 1. The first-order valence-electron chi connectivity index (χ1n) is 8.29. The van der Waals surface area contributed by atoms with E-state index >= 15 is 0 Å². The molecule has 0 atom stereocenters. The fraction of sp³-hybridized carbons (Fsp3) is 0.200. The second kappa shape index (κ2) is 7.94. The number of aryl methyl sites for hydroxylation is 1. The fourth-order valence-corrected chi connectivity index (χ4v) is 3.19. The number of anilines is 1. The summed E-state index contributed by atoms with van der Waals surface area (Å²) in [7, 11) is 0. The monoisotopic (exact) mass is 352 g/mol. The van der Waals surface area contributed by atoms with Crippen LogP contribution in [-0.2, 0) is 6.42 Å². The van der Waals surface area contributed by atoms with Gasteiger partial charge in [-0.15, -0.1) is 11.3 Å². The first kappa shape index (κ1) is 17.2. The standard InChI is InChI=1S/C20H20N2O2S/c1-3-14-9-11-15(12-10-14)17-13-25-20(21-17)22-19(23)16-7-5-6-8-18(16)24-4-2/h5-13H,3-4H2,1-2H3,(H,21,22,23). The van der Waals surface area contributed by atoms with Crippen molar-refractivity contribution >= 4 is 22.4 Å². The van der Waals surface area contributed by atoms with Crippen LogP contribution in [0.15, 0.2) is 53.9 Å². The number of ether oxygens (including phenoxy) is 1. The van der Waals surface area contributed by atoms with Gasteiger partial charge in [0.15, 0.2) is 5.13 Å². The van der Waals surface area contributed by atoms with Crippen molar-refractivity contribution in [3.05, 3.63) is 65.0 Å². The molecule has 3 aromatic rings. The fourth-order valence-electron chi connectivity index (χ4n) is 2.47. The SMILES string of the molecule is CCOc1ccccc1C(=O)Nc1nc(-c2ccc(CC)cc2)cs1. The second-order valence-corrected chi connectivity index (χ2v) is 6.33. The van der Waals surface area contributed by atoms with Crippen LogP contribution >= 0.6 is 11.3 Å². The summed E-state index contributed by atoms with van der Waals surface area (Å²) in [6.07, 6.45) is 1.01. The summed E-state index contributed by atoms with van der Waals surface area (Å²) in [5, 5.41) is 5.38. The maximum absolute atomic E-state index is 12.5. The normalized spacial score (nSPS) is 10.5. The zero-order chi connectivity index (χ0) is 17.6. The quantitative estimate of drug-likeness (QED) is 0.677. The van der Waals surface area contributed by atoms with Crippen LogP contribution in [0, 0.1) is 0 Å². The van der Waals surface area contributed by atoms with E-state index in [-0.39, 0.29) is 5.91 Å². The first-order chi connectivity index (χ1) is 12.2. The number of rotatable bonds is 6. The van der Waals surface area contributed by atoms with Crippen LogP contribution in [0.3, 0.4) is 0 Å². The number of thiazole rings is 1. The number of amides is 1. The van der Waals surface area contributed by atoms with E-state index in [4.69, 9.17) is 4.74 Å². The zero-order valence-corrected chi connectivity index (χ0v) is 15.1. The van der Waals surface area contributed by atoms with Crippen LogP contribution in [0.4, 0.5) is 5.13 Å². The molecular weight excluding hydrogens is 332 g/mol. The first-order valence-corrected chi connectivity index (χ1v) is 9.17. The number of hydrogen-bond donors (Lipinski definition) is 1. The second-order valence-electron chi connectivity index (χ2n) is 5.47. The van der Waals surface area contributed by atoms with Gasteiger partial charge in [0.1, 0.15) is 5.75 Å². The molecule has 1 heterocycles. The van der Waals surface area contributed by atoms with Gasteiger partial charge in [-0.1, -0.05) is 43.3 Å². The Balaban J connectivity index is 1.76. The van der Waals surface area contributed by atoms with E-state index in [9.17, 15) is 4.79 Å². The lowest BCUT2D eigenvalue weighted by molar-refractivity contribution is 0.102. The van der Waals surface area contributed by atoms with Crippen LogP contribution in [-0.4, -0.2) is 17.5 Å². The third-order valence-electron chi connectivity index (χ3n) is 3.81. The maximum atomic E-state index is 12.5. The van der Waals surface area contributed by atoms with Crippen molar-refractivity contribution < 1.29 is 9.53 Å². The Bertz CT molecular complexity index is 856. The predicted molar refractivity (Wildman–Crippen MR) is 102 cm³/mol. The van der Waals surface area contributed by atoms with Gasteiger partial charge < -0.3 is 4.74 Å². The van der Waals surface area contributed by atoms with E-state index in [2.05, 4.69) is 41.5 Å². The van der Waals surface area contributed by atoms with E-state index < -0.39 is 0 Å². The highest BCUT2D eigenvalue weighted by Crippen LogP contribution is 2.26. The van der Waals surface area contributed by atoms with Crippen molar-refractivity contribution in [2.24, 2.45) is 0 Å². The van der Waals surface area contributed by atoms with Crippen molar-refractivity contribution in [3.63, 3.8) is 0 Å². The predicted octanol–water partition coefficient (Wildman–Crippen LogP) is 5.02. The highest BCUT2D eigenvalue weighted by molar-refractivity contribution is 7.14. The molecule has 0 fully saturated rings. The molecule has 25 heavy (non-hydrogen) atoms. The number of benzene rings is 2. The summed E-state index contributed by atoms with van der Waals surface area (Å²) >= 11 is 1.41. The molecule has 0 aliphatic carbocycles. The van der Waals surface area contributed by atoms with Gasteiger partial charge in [-0.3, -0.25) is 10.1 Å². The molecule has 4 nitrogen and oxygen atoms in total. The molecule has 0 saturated carbocycles. The molecule has 5 heteroatoms. The van der Waals surface area contributed by atoms with Crippen LogP contribution in [0.25, 0.3) is 11.3 Å². The van der Waals surface area contributed by atoms with Crippen LogP contribution in [0.1, 0.15) is 29.8 Å². The lowest BCUT2D eigenvalue weighted by Gasteiger charge is -2.08. The highest BCUT2D eigenvalue weighted by atomic mass is 32.1. The molecule has 1 amide bonds. The lowest BCUT2D eigenvalue weighted by Crippen LogP contribution is -2.13. The van der Waals surface area contributed by atoms with Crippen molar-refractivity contribution in [2.75, 3.05) is 11.9 Å². The van der Waals surface area contributed by atoms with Crippen molar-refractivity contribution in [3.8, 4) is 17.0 Å². The molecule has 128 valence electrons. The van der Waals surface area contributed by atoms with Gasteiger partial charge in [-0.25, -0.2) is 4.98 Å². The van der Waals surface area contributed by atoms with Crippen LogP contribution < -0.4 is 10.1 Å². The largest absolute Gasteiger partial charge is 0.493 e. The maximum Gasteiger partial charge on any atom is 0.261 e. The Labute approximate surface area is 151 Å². The van der Waals surface area contributed by atoms with Gasteiger partial charge in [-0.2, -0.15) is 0 Å². The topological polar surface area (TPSA) is 51.2 Å². The van der Waals surface area contributed by atoms with E-state index in [0.29, 0.717) is 23.1 Å². The van der Waals surface area contributed by atoms with Crippen LogP contribution in [0.2, 0.25) is 0 Å². The van der Waals surface area contributed by atoms with Crippen LogP contribution in [0.5, 0.6) is 5.75 Å².